The van der Waals surface area contributed by atoms with Crippen molar-refractivity contribution in [2.45, 2.75) is 30.3 Å². The maximum atomic E-state index is 12.7. The molecule has 0 aliphatic carbocycles. The highest BCUT2D eigenvalue weighted by molar-refractivity contribution is 7.89. The molecule has 1 aromatic rings. The molecule has 1 aliphatic rings. The first-order valence-electron chi connectivity index (χ1n) is 6.39. The molecule has 1 unspecified atom stereocenters. The number of nitrogens with two attached hydrogens (primary N) is 1. The van der Waals surface area contributed by atoms with Gasteiger partial charge < -0.3 is 10.5 Å². The van der Waals surface area contributed by atoms with Crippen molar-refractivity contribution in [2.75, 3.05) is 25.9 Å². The van der Waals surface area contributed by atoms with E-state index in [4.69, 9.17) is 22.1 Å². The SMILES string of the molecule is COC1(C)CCCN(S(=O)(=O)c2cc(Cl)ccc2N)C1. The Bertz CT molecular complexity index is 606. The zero-order chi connectivity index (χ0) is 15.0. The minimum atomic E-state index is -3.65. The molecule has 7 heteroatoms. The molecule has 1 atom stereocenters. The van der Waals surface area contributed by atoms with Crippen molar-refractivity contribution in [2.24, 2.45) is 0 Å². The second kappa shape index (κ2) is 5.52. The number of anilines is 1. The molecule has 1 heterocycles. The van der Waals surface area contributed by atoms with Crippen LogP contribution in [0, 0.1) is 0 Å². The Morgan fingerprint density at radius 1 is 1.45 bits per heavy atom. The minimum absolute atomic E-state index is 0.0605. The summed E-state index contributed by atoms with van der Waals surface area (Å²) < 4.78 is 32.2. The monoisotopic (exact) mass is 318 g/mol. The van der Waals surface area contributed by atoms with Gasteiger partial charge in [-0.1, -0.05) is 11.6 Å². The first kappa shape index (κ1) is 15.6. The van der Waals surface area contributed by atoms with Gasteiger partial charge in [-0.2, -0.15) is 4.31 Å². The van der Waals surface area contributed by atoms with Crippen LogP contribution in [-0.2, 0) is 14.8 Å². The first-order valence-corrected chi connectivity index (χ1v) is 8.21. The molecule has 0 aromatic heterocycles. The number of methoxy groups -OCH3 is 1. The molecule has 1 fully saturated rings. The molecule has 2 rings (SSSR count). The van der Waals surface area contributed by atoms with Crippen molar-refractivity contribution < 1.29 is 13.2 Å². The van der Waals surface area contributed by atoms with Crippen LogP contribution in [0.1, 0.15) is 19.8 Å². The van der Waals surface area contributed by atoms with Gasteiger partial charge in [-0.05, 0) is 38.0 Å². The lowest BCUT2D eigenvalue weighted by Gasteiger charge is -2.38. The smallest absolute Gasteiger partial charge is 0.245 e. The van der Waals surface area contributed by atoms with Gasteiger partial charge in [-0.25, -0.2) is 8.42 Å². The summed E-state index contributed by atoms with van der Waals surface area (Å²) in [4.78, 5) is 0.0605. The summed E-state index contributed by atoms with van der Waals surface area (Å²) in [5.74, 6) is 0. The second-order valence-corrected chi connectivity index (χ2v) is 7.62. The summed E-state index contributed by atoms with van der Waals surface area (Å²) >= 11 is 5.88. The fourth-order valence-corrected chi connectivity index (χ4v) is 4.37. The largest absolute Gasteiger partial charge is 0.398 e. The summed E-state index contributed by atoms with van der Waals surface area (Å²) in [6, 6.07) is 4.48. The number of hydrogen-bond donors (Lipinski definition) is 1. The lowest BCUT2D eigenvalue weighted by molar-refractivity contribution is -0.0319. The van der Waals surface area contributed by atoms with E-state index in [0.29, 0.717) is 18.1 Å². The molecule has 0 bridgehead atoms. The number of nitrogens with zero attached hydrogens (tertiary/aromatic N) is 1. The van der Waals surface area contributed by atoms with Gasteiger partial charge in [0.1, 0.15) is 4.90 Å². The van der Waals surface area contributed by atoms with Crippen molar-refractivity contribution in [1.82, 2.24) is 4.31 Å². The molecular weight excluding hydrogens is 300 g/mol. The van der Waals surface area contributed by atoms with Gasteiger partial charge in [0.15, 0.2) is 0 Å². The van der Waals surface area contributed by atoms with E-state index in [0.717, 1.165) is 12.8 Å². The maximum absolute atomic E-state index is 12.7. The Labute approximate surface area is 124 Å². The maximum Gasteiger partial charge on any atom is 0.245 e. The number of rotatable bonds is 3. The van der Waals surface area contributed by atoms with Gasteiger partial charge in [0.25, 0.3) is 0 Å². The molecule has 1 saturated heterocycles. The van der Waals surface area contributed by atoms with Crippen LogP contribution in [-0.4, -0.2) is 38.5 Å². The van der Waals surface area contributed by atoms with Crippen molar-refractivity contribution in [1.29, 1.82) is 0 Å². The van der Waals surface area contributed by atoms with Gasteiger partial charge >= 0.3 is 0 Å². The molecule has 20 heavy (non-hydrogen) atoms. The third-order valence-corrected chi connectivity index (χ3v) is 5.85. The highest BCUT2D eigenvalue weighted by Gasteiger charge is 2.37. The summed E-state index contributed by atoms with van der Waals surface area (Å²) in [7, 11) is -2.05. The minimum Gasteiger partial charge on any atom is -0.398 e. The zero-order valence-electron chi connectivity index (χ0n) is 11.6. The summed E-state index contributed by atoms with van der Waals surface area (Å²) in [6.45, 7) is 2.70. The highest BCUT2D eigenvalue weighted by Crippen LogP contribution is 2.31. The van der Waals surface area contributed by atoms with Crippen LogP contribution in [0.2, 0.25) is 5.02 Å². The van der Waals surface area contributed by atoms with Gasteiger partial charge in [0.05, 0.1) is 11.3 Å². The number of sulfonamides is 1. The number of hydrogen-bond acceptors (Lipinski definition) is 4. The van der Waals surface area contributed by atoms with Gasteiger partial charge in [-0.3, -0.25) is 0 Å². The Morgan fingerprint density at radius 2 is 2.15 bits per heavy atom. The summed E-state index contributed by atoms with van der Waals surface area (Å²) in [5.41, 5.74) is 5.53. The van der Waals surface area contributed by atoms with Crippen LogP contribution >= 0.6 is 11.6 Å². The van der Waals surface area contributed by atoms with Crippen LogP contribution in [0.15, 0.2) is 23.1 Å². The molecule has 5 nitrogen and oxygen atoms in total. The third kappa shape index (κ3) is 2.93. The Hall–Kier alpha value is -0.820. The molecule has 1 aliphatic heterocycles. The molecule has 112 valence electrons. The van der Waals surface area contributed by atoms with E-state index < -0.39 is 15.6 Å². The topological polar surface area (TPSA) is 72.6 Å². The van der Waals surface area contributed by atoms with Crippen LogP contribution in [0.3, 0.4) is 0 Å². The summed E-state index contributed by atoms with van der Waals surface area (Å²) in [5, 5.41) is 0.351. The van der Waals surface area contributed by atoms with E-state index in [1.807, 2.05) is 6.92 Å². The van der Waals surface area contributed by atoms with Crippen LogP contribution in [0.25, 0.3) is 0 Å². The van der Waals surface area contributed by atoms with Crippen molar-refractivity contribution in [3.63, 3.8) is 0 Å². The van der Waals surface area contributed by atoms with Crippen molar-refractivity contribution in [3.8, 4) is 0 Å². The Balaban J connectivity index is 2.37. The quantitative estimate of drug-likeness (QED) is 0.866. The van der Waals surface area contributed by atoms with E-state index in [2.05, 4.69) is 0 Å². The Kier molecular flexibility index (Phi) is 4.30. The van der Waals surface area contributed by atoms with Gasteiger partial charge in [-0.15, -0.1) is 0 Å². The predicted octanol–water partition coefficient (Wildman–Crippen LogP) is 2.11. The molecule has 0 saturated carbocycles. The summed E-state index contributed by atoms with van der Waals surface area (Å²) in [6.07, 6.45) is 1.59. The van der Waals surface area contributed by atoms with Crippen molar-refractivity contribution >= 4 is 27.3 Å². The molecular formula is C13H19ClN2O3S. The molecule has 0 amide bonds. The number of piperidine rings is 1. The predicted molar refractivity (Wildman–Crippen MR) is 79.3 cm³/mol. The van der Waals surface area contributed by atoms with Gasteiger partial charge in [0, 0.05) is 25.2 Å². The molecule has 2 N–H and O–H groups in total. The van der Waals surface area contributed by atoms with Crippen LogP contribution in [0.4, 0.5) is 5.69 Å². The third-order valence-electron chi connectivity index (χ3n) is 3.71. The second-order valence-electron chi connectivity index (χ2n) is 5.28. The number of benzene rings is 1. The van der Waals surface area contributed by atoms with Gasteiger partial charge in [0.2, 0.25) is 10.0 Å². The van der Waals surface area contributed by atoms with Crippen molar-refractivity contribution in [3.05, 3.63) is 23.2 Å². The Morgan fingerprint density at radius 3 is 2.80 bits per heavy atom. The number of halogens is 1. The van der Waals surface area contributed by atoms with Crippen LogP contribution in [0.5, 0.6) is 0 Å². The van der Waals surface area contributed by atoms with E-state index in [1.54, 1.807) is 13.2 Å². The molecule has 0 radical (unpaired) electrons. The first-order chi connectivity index (χ1) is 9.28. The lowest BCUT2D eigenvalue weighted by Crippen LogP contribution is -2.49. The highest BCUT2D eigenvalue weighted by atomic mass is 35.5. The molecule has 0 spiro atoms. The lowest BCUT2D eigenvalue weighted by atomic mass is 9.96. The standard InChI is InChI=1S/C13H19ClN2O3S/c1-13(19-2)6-3-7-16(9-13)20(17,18)12-8-10(14)4-5-11(12)15/h4-5,8H,3,6-7,9,15H2,1-2H3. The fraction of sp³-hybridized carbons (Fsp3) is 0.538. The van der Waals surface area contributed by atoms with E-state index in [-0.39, 0.29) is 10.6 Å². The number of nitrogen functional groups attached to an aromatic ring is 1. The van der Waals surface area contributed by atoms with E-state index in [9.17, 15) is 8.42 Å². The average Bonchev–Trinajstić information content (AvgIpc) is 2.41. The average molecular weight is 319 g/mol. The van der Waals surface area contributed by atoms with E-state index in [1.165, 1.54) is 16.4 Å². The zero-order valence-corrected chi connectivity index (χ0v) is 13.2. The molecule has 1 aromatic carbocycles. The fourth-order valence-electron chi connectivity index (χ4n) is 2.40. The van der Waals surface area contributed by atoms with Crippen LogP contribution < -0.4 is 5.73 Å². The normalized spacial score (nSPS) is 24.8. The number of ether oxygens (including phenoxy) is 1. The van der Waals surface area contributed by atoms with E-state index >= 15 is 0 Å².